The molecule has 1 aromatic carbocycles. The number of amides is 2. The highest BCUT2D eigenvalue weighted by Gasteiger charge is 2.52. The van der Waals surface area contributed by atoms with Gasteiger partial charge >= 0.3 is 0 Å². The third kappa shape index (κ3) is 4.18. The van der Waals surface area contributed by atoms with Gasteiger partial charge in [-0.15, -0.1) is 0 Å². The maximum atomic E-state index is 13.1. The van der Waals surface area contributed by atoms with Crippen LogP contribution >= 0.6 is 0 Å². The van der Waals surface area contributed by atoms with Crippen LogP contribution in [0.2, 0.25) is 0 Å². The molecule has 0 aromatic heterocycles. The second kappa shape index (κ2) is 8.01. The molecule has 1 N–H and O–H groups in total. The highest BCUT2D eigenvalue weighted by molar-refractivity contribution is 5.95. The third-order valence-electron chi connectivity index (χ3n) is 6.46. The molecular weight excluding hydrogens is 338 g/mol. The summed E-state index contributed by atoms with van der Waals surface area (Å²) < 4.78 is 0. The van der Waals surface area contributed by atoms with E-state index in [1.165, 1.54) is 5.56 Å². The first-order chi connectivity index (χ1) is 12.8. The molecule has 2 fully saturated rings. The Morgan fingerprint density at radius 2 is 1.89 bits per heavy atom. The molecule has 1 unspecified atom stereocenters. The average Bonchev–Trinajstić information content (AvgIpc) is 3.24. The number of aryl methyl sites for hydroxylation is 2. The Morgan fingerprint density at radius 1 is 1.19 bits per heavy atom. The minimum atomic E-state index is -0.0855. The van der Waals surface area contributed by atoms with E-state index in [4.69, 9.17) is 0 Å². The van der Waals surface area contributed by atoms with Crippen LogP contribution in [0.3, 0.4) is 0 Å². The zero-order valence-corrected chi connectivity index (χ0v) is 17.2. The van der Waals surface area contributed by atoms with Crippen LogP contribution in [0.5, 0.6) is 0 Å². The zero-order valence-electron chi connectivity index (χ0n) is 17.2. The number of carbonyl (C=O) groups excluding carboxylic acids is 2. The van der Waals surface area contributed by atoms with Crippen molar-refractivity contribution < 1.29 is 9.59 Å². The lowest BCUT2D eigenvalue weighted by Crippen LogP contribution is -2.42. The molecule has 1 spiro atoms. The summed E-state index contributed by atoms with van der Waals surface area (Å²) in [5, 5.41) is 3.10. The summed E-state index contributed by atoms with van der Waals surface area (Å²) in [6.07, 6.45) is 4.42. The van der Waals surface area contributed by atoms with Crippen LogP contribution in [0.1, 0.15) is 47.2 Å². The standard InChI is InChI=1S/C22H33N3O2/c1-16-7-8-18(13-17(16)2)21(27)25-14-19(20(26)23-11-12-24(3)4)22(15-25)9-5-6-10-22/h7-8,13,19H,5-6,9-12,14-15H2,1-4H3,(H,23,26). The summed E-state index contributed by atoms with van der Waals surface area (Å²) in [4.78, 5) is 30.0. The molecule has 1 aromatic rings. The van der Waals surface area contributed by atoms with Crippen LogP contribution in [0.25, 0.3) is 0 Å². The number of nitrogens with zero attached hydrogens (tertiary/aromatic N) is 2. The molecular formula is C22H33N3O2. The second-order valence-corrected chi connectivity index (χ2v) is 8.70. The lowest BCUT2D eigenvalue weighted by atomic mass is 9.76. The Hall–Kier alpha value is -1.88. The van der Waals surface area contributed by atoms with Gasteiger partial charge < -0.3 is 15.1 Å². The molecule has 0 bridgehead atoms. The van der Waals surface area contributed by atoms with E-state index in [2.05, 4.69) is 17.1 Å². The molecule has 1 aliphatic carbocycles. The molecule has 1 saturated heterocycles. The highest BCUT2D eigenvalue weighted by atomic mass is 16.2. The number of likely N-dealkylation sites (N-methyl/N-ethyl adjacent to an activating group) is 1. The first-order valence-corrected chi connectivity index (χ1v) is 10.1. The van der Waals surface area contributed by atoms with Gasteiger partial charge in [0, 0.05) is 37.2 Å². The fraction of sp³-hybridized carbons (Fsp3) is 0.636. The van der Waals surface area contributed by atoms with Gasteiger partial charge in [0.25, 0.3) is 5.91 Å². The summed E-state index contributed by atoms with van der Waals surface area (Å²) in [7, 11) is 4.01. The number of nitrogens with one attached hydrogen (secondary N) is 1. The van der Waals surface area contributed by atoms with Gasteiger partial charge in [0.1, 0.15) is 0 Å². The van der Waals surface area contributed by atoms with Crippen molar-refractivity contribution in [1.29, 1.82) is 0 Å². The van der Waals surface area contributed by atoms with Crippen LogP contribution in [0, 0.1) is 25.2 Å². The molecule has 1 aliphatic heterocycles. The third-order valence-corrected chi connectivity index (χ3v) is 6.46. The Morgan fingerprint density at radius 3 is 2.52 bits per heavy atom. The largest absolute Gasteiger partial charge is 0.355 e. The minimum absolute atomic E-state index is 0.0302. The van der Waals surface area contributed by atoms with Gasteiger partial charge in [-0.3, -0.25) is 9.59 Å². The molecule has 5 nitrogen and oxygen atoms in total. The zero-order chi connectivity index (χ0) is 19.6. The summed E-state index contributed by atoms with van der Waals surface area (Å²) in [5.74, 6) is 0.0970. The van der Waals surface area contributed by atoms with Crippen molar-refractivity contribution in [2.45, 2.75) is 39.5 Å². The molecule has 1 atom stereocenters. The molecule has 1 heterocycles. The average molecular weight is 372 g/mol. The quantitative estimate of drug-likeness (QED) is 0.866. The van der Waals surface area contributed by atoms with E-state index in [-0.39, 0.29) is 23.1 Å². The molecule has 5 heteroatoms. The smallest absolute Gasteiger partial charge is 0.253 e. The predicted octanol–water partition coefficient (Wildman–Crippen LogP) is 2.61. The molecule has 1 saturated carbocycles. The first kappa shape index (κ1) is 19.9. The maximum absolute atomic E-state index is 13.1. The number of hydrogen-bond donors (Lipinski definition) is 1. The fourth-order valence-electron chi connectivity index (χ4n) is 4.65. The van der Waals surface area contributed by atoms with E-state index in [9.17, 15) is 9.59 Å². The predicted molar refractivity (Wildman–Crippen MR) is 108 cm³/mol. The van der Waals surface area contributed by atoms with Crippen LogP contribution in [0.15, 0.2) is 18.2 Å². The van der Waals surface area contributed by atoms with E-state index in [1.54, 1.807) is 0 Å². The van der Waals surface area contributed by atoms with E-state index in [1.807, 2.05) is 44.1 Å². The van der Waals surface area contributed by atoms with E-state index < -0.39 is 0 Å². The van der Waals surface area contributed by atoms with Gasteiger partial charge in [0.05, 0.1) is 5.92 Å². The number of hydrogen-bond acceptors (Lipinski definition) is 3. The minimum Gasteiger partial charge on any atom is -0.355 e. The van der Waals surface area contributed by atoms with Gasteiger partial charge in [0.2, 0.25) is 5.91 Å². The van der Waals surface area contributed by atoms with Crippen LogP contribution in [-0.2, 0) is 4.79 Å². The Labute approximate surface area is 163 Å². The van der Waals surface area contributed by atoms with E-state index in [0.29, 0.717) is 19.6 Å². The van der Waals surface area contributed by atoms with Crippen LogP contribution < -0.4 is 5.32 Å². The second-order valence-electron chi connectivity index (χ2n) is 8.70. The topological polar surface area (TPSA) is 52.7 Å². The van der Waals surface area contributed by atoms with Crippen molar-refractivity contribution in [3.63, 3.8) is 0 Å². The Kier molecular flexibility index (Phi) is 5.89. The van der Waals surface area contributed by atoms with Crippen molar-refractivity contribution >= 4 is 11.8 Å². The SMILES string of the molecule is Cc1ccc(C(=O)N2CC(C(=O)NCCN(C)C)C3(CCCC3)C2)cc1C. The van der Waals surface area contributed by atoms with Crippen LogP contribution in [0.4, 0.5) is 0 Å². The molecule has 2 aliphatic rings. The molecule has 148 valence electrons. The van der Waals surface area contributed by atoms with Gasteiger partial charge in [-0.05, 0) is 64.0 Å². The molecule has 3 rings (SSSR count). The van der Waals surface area contributed by atoms with Gasteiger partial charge in [-0.25, -0.2) is 0 Å². The molecule has 27 heavy (non-hydrogen) atoms. The van der Waals surface area contributed by atoms with Gasteiger partial charge in [-0.2, -0.15) is 0 Å². The van der Waals surface area contributed by atoms with Crippen molar-refractivity contribution in [1.82, 2.24) is 15.1 Å². The van der Waals surface area contributed by atoms with E-state index in [0.717, 1.165) is 43.4 Å². The number of benzene rings is 1. The monoisotopic (exact) mass is 371 g/mol. The highest BCUT2D eigenvalue weighted by Crippen LogP contribution is 2.49. The summed E-state index contributed by atoms with van der Waals surface area (Å²) >= 11 is 0. The maximum Gasteiger partial charge on any atom is 0.253 e. The summed E-state index contributed by atoms with van der Waals surface area (Å²) in [6, 6.07) is 5.90. The lowest BCUT2D eigenvalue weighted by Gasteiger charge is -2.29. The fourth-order valence-corrected chi connectivity index (χ4v) is 4.65. The van der Waals surface area contributed by atoms with Crippen LogP contribution in [-0.4, -0.2) is 61.9 Å². The Bertz CT molecular complexity index is 708. The first-order valence-electron chi connectivity index (χ1n) is 10.1. The molecule has 2 amide bonds. The van der Waals surface area contributed by atoms with Crippen molar-refractivity contribution in [2.75, 3.05) is 40.3 Å². The number of rotatable bonds is 5. The van der Waals surface area contributed by atoms with E-state index >= 15 is 0 Å². The number of carbonyl (C=O) groups is 2. The van der Waals surface area contributed by atoms with Crippen molar-refractivity contribution in [3.05, 3.63) is 34.9 Å². The lowest BCUT2D eigenvalue weighted by molar-refractivity contribution is -0.127. The summed E-state index contributed by atoms with van der Waals surface area (Å²) in [6.45, 7) is 6.83. The van der Waals surface area contributed by atoms with Crippen molar-refractivity contribution in [2.24, 2.45) is 11.3 Å². The normalized spacial score (nSPS) is 21.2. The van der Waals surface area contributed by atoms with Gasteiger partial charge in [0.15, 0.2) is 0 Å². The summed E-state index contributed by atoms with van der Waals surface area (Å²) in [5.41, 5.74) is 3.03. The van der Waals surface area contributed by atoms with Gasteiger partial charge in [-0.1, -0.05) is 18.9 Å². The Balaban J connectivity index is 1.74. The van der Waals surface area contributed by atoms with Crippen molar-refractivity contribution in [3.8, 4) is 0 Å². The number of likely N-dealkylation sites (tertiary alicyclic amines) is 1. The molecule has 0 radical (unpaired) electrons.